The fourth-order valence-corrected chi connectivity index (χ4v) is 3.31. The largest absolute Gasteiger partial charge is 0.494 e. The van der Waals surface area contributed by atoms with Gasteiger partial charge >= 0.3 is 0 Å². The molecule has 1 aliphatic heterocycles. The minimum absolute atomic E-state index is 0.119. The van der Waals surface area contributed by atoms with Gasteiger partial charge in [-0.05, 0) is 50.1 Å². The molecule has 27 heavy (non-hydrogen) atoms. The first kappa shape index (κ1) is 17.5. The van der Waals surface area contributed by atoms with E-state index >= 15 is 0 Å². The third kappa shape index (κ3) is 3.49. The van der Waals surface area contributed by atoms with Crippen molar-refractivity contribution in [1.29, 1.82) is 0 Å². The summed E-state index contributed by atoms with van der Waals surface area (Å²) < 4.78 is 20.6. The van der Waals surface area contributed by atoms with Crippen LogP contribution in [0, 0.1) is 0 Å². The highest BCUT2D eigenvalue weighted by Crippen LogP contribution is 2.21. The second-order valence-electron chi connectivity index (χ2n) is 6.58. The lowest BCUT2D eigenvalue weighted by Crippen LogP contribution is -2.39. The van der Waals surface area contributed by atoms with Crippen molar-refractivity contribution in [2.24, 2.45) is 0 Å². The molecule has 3 heterocycles. The first-order valence-corrected chi connectivity index (χ1v) is 9.15. The molecule has 1 amide bonds. The molecular weight excluding hydrogens is 347 g/mol. The number of pyridine rings is 1. The average Bonchev–Trinajstić information content (AvgIpc) is 3.12. The quantitative estimate of drug-likeness (QED) is 0.708. The topological polar surface area (TPSA) is 60.3 Å². The van der Waals surface area contributed by atoms with Gasteiger partial charge in [-0.2, -0.15) is 0 Å². The van der Waals surface area contributed by atoms with Crippen LogP contribution in [0.1, 0.15) is 30.1 Å². The van der Waals surface area contributed by atoms with Crippen LogP contribution in [0.2, 0.25) is 0 Å². The van der Waals surface area contributed by atoms with Crippen molar-refractivity contribution in [3.8, 4) is 11.4 Å². The zero-order valence-electron chi connectivity index (χ0n) is 15.1. The van der Waals surface area contributed by atoms with Gasteiger partial charge in [0, 0.05) is 25.0 Å². The Bertz CT molecular complexity index is 946. The highest BCUT2D eigenvalue weighted by molar-refractivity contribution is 5.96. The predicted octanol–water partition coefficient (Wildman–Crippen LogP) is 3.39. The molecule has 0 saturated carbocycles. The Morgan fingerprint density at radius 2 is 1.96 bits per heavy atom. The Labute approximate surface area is 156 Å². The number of benzene rings is 1. The van der Waals surface area contributed by atoms with Crippen LogP contribution in [0.5, 0.6) is 5.75 Å². The standard InChI is InChI=1S/C20H21FN4O2/c1-2-27-17-5-3-16(4-6-17)25-13-23-18-11-14(12-22-19(18)25)20(26)24-9-7-15(21)8-10-24/h3-6,11-13,15H,2,7-10H2,1H3. The van der Waals surface area contributed by atoms with E-state index in [4.69, 9.17) is 4.74 Å². The monoisotopic (exact) mass is 368 g/mol. The lowest BCUT2D eigenvalue weighted by Gasteiger charge is -2.28. The Morgan fingerprint density at radius 3 is 2.67 bits per heavy atom. The number of piperidine rings is 1. The number of hydrogen-bond donors (Lipinski definition) is 0. The molecule has 6 nitrogen and oxygen atoms in total. The summed E-state index contributed by atoms with van der Waals surface area (Å²) in [5.41, 5.74) is 2.72. The number of imidazole rings is 1. The first-order chi connectivity index (χ1) is 13.2. The summed E-state index contributed by atoms with van der Waals surface area (Å²) in [5, 5.41) is 0. The van der Waals surface area contributed by atoms with E-state index in [1.165, 1.54) is 0 Å². The Morgan fingerprint density at radius 1 is 1.22 bits per heavy atom. The van der Waals surface area contributed by atoms with Gasteiger partial charge in [0.1, 0.15) is 23.8 Å². The molecule has 140 valence electrons. The summed E-state index contributed by atoms with van der Waals surface area (Å²) in [6.07, 6.45) is 3.25. The number of carbonyl (C=O) groups excluding carboxylic acids is 1. The van der Waals surface area contributed by atoms with Crippen molar-refractivity contribution in [3.63, 3.8) is 0 Å². The van der Waals surface area contributed by atoms with Crippen molar-refractivity contribution in [2.75, 3.05) is 19.7 Å². The maximum Gasteiger partial charge on any atom is 0.255 e. The van der Waals surface area contributed by atoms with E-state index in [-0.39, 0.29) is 5.91 Å². The molecule has 0 bridgehead atoms. The molecule has 0 N–H and O–H groups in total. The lowest BCUT2D eigenvalue weighted by atomic mass is 10.1. The number of likely N-dealkylation sites (tertiary alicyclic amines) is 1. The van der Waals surface area contributed by atoms with Gasteiger partial charge in [-0.3, -0.25) is 9.36 Å². The molecule has 1 saturated heterocycles. The van der Waals surface area contributed by atoms with Gasteiger partial charge in [0.25, 0.3) is 5.91 Å². The van der Waals surface area contributed by atoms with Gasteiger partial charge in [0.15, 0.2) is 5.65 Å². The van der Waals surface area contributed by atoms with E-state index < -0.39 is 6.17 Å². The number of rotatable bonds is 4. The number of ether oxygens (including phenoxy) is 1. The average molecular weight is 368 g/mol. The van der Waals surface area contributed by atoms with Crippen molar-refractivity contribution < 1.29 is 13.9 Å². The molecule has 1 fully saturated rings. The van der Waals surface area contributed by atoms with Crippen LogP contribution in [-0.2, 0) is 0 Å². The number of amides is 1. The summed E-state index contributed by atoms with van der Waals surface area (Å²) >= 11 is 0. The van der Waals surface area contributed by atoms with E-state index in [9.17, 15) is 9.18 Å². The molecule has 7 heteroatoms. The van der Waals surface area contributed by atoms with Gasteiger partial charge in [0.2, 0.25) is 0 Å². The van der Waals surface area contributed by atoms with Crippen molar-refractivity contribution >= 4 is 17.1 Å². The maximum absolute atomic E-state index is 13.3. The van der Waals surface area contributed by atoms with Crippen LogP contribution >= 0.6 is 0 Å². The molecule has 3 aromatic rings. The van der Waals surface area contributed by atoms with E-state index in [2.05, 4.69) is 9.97 Å². The zero-order chi connectivity index (χ0) is 18.8. The minimum atomic E-state index is -0.806. The number of fused-ring (bicyclic) bond motifs is 1. The van der Waals surface area contributed by atoms with Crippen LogP contribution in [-0.4, -0.2) is 51.2 Å². The predicted molar refractivity (Wildman–Crippen MR) is 100 cm³/mol. The fraction of sp³-hybridized carbons (Fsp3) is 0.350. The normalized spacial score (nSPS) is 15.3. The molecule has 0 atom stereocenters. The molecule has 1 aliphatic rings. The molecule has 0 aliphatic carbocycles. The maximum atomic E-state index is 13.3. The number of nitrogens with zero attached hydrogens (tertiary/aromatic N) is 4. The number of halogens is 1. The summed E-state index contributed by atoms with van der Waals surface area (Å²) in [5.74, 6) is 0.690. The smallest absolute Gasteiger partial charge is 0.255 e. The number of carbonyl (C=O) groups is 1. The highest BCUT2D eigenvalue weighted by Gasteiger charge is 2.24. The first-order valence-electron chi connectivity index (χ1n) is 9.15. The zero-order valence-corrected chi connectivity index (χ0v) is 15.1. The molecule has 0 spiro atoms. The van der Waals surface area contributed by atoms with E-state index in [0.717, 1.165) is 11.4 Å². The minimum Gasteiger partial charge on any atom is -0.494 e. The van der Waals surface area contributed by atoms with Crippen LogP contribution in [0.3, 0.4) is 0 Å². The molecule has 1 aromatic carbocycles. The fourth-order valence-electron chi connectivity index (χ4n) is 3.31. The molecule has 0 unspecified atom stereocenters. The van der Waals surface area contributed by atoms with E-state index in [1.807, 2.05) is 35.8 Å². The van der Waals surface area contributed by atoms with Crippen LogP contribution in [0.4, 0.5) is 4.39 Å². The Balaban J connectivity index is 1.58. The van der Waals surface area contributed by atoms with Gasteiger partial charge in [-0.15, -0.1) is 0 Å². The second-order valence-corrected chi connectivity index (χ2v) is 6.58. The second kappa shape index (κ2) is 7.34. The molecule has 2 aromatic heterocycles. The summed E-state index contributed by atoms with van der Waals surface area (Å²) in [7, 11) is 0. The van der Waals surface area contributed by atoms with Gasteiger partial charge in [0.05, 0.1) is 12.2 Å². The molecular formula is C20H21FN4O2. The van der Waals surface area contributed by atoms with Crippen LogP contribution < -0.4 is 4.74 Å². The van der Waals surface area contributed by atoms with Crippen LogP contribution in [0.25, 0.3) is 16.9 Å². The van der Waals surface area contributed by atoms with Gasteiger partial charge in [-0.25, -0.2) is 14.4 Å². The number of hydrogen-bond acceptors (Lipinski definition) is 4. The Hall–Kier alpha value is -2.96. The summed E-state index contributed by atoms with van der Waals surface area (Å²) in [6.45, 7) is 3.45. The van der Waals surface area contributed by atoms with Crippen LogP contribution in [0.15, 0.2) is 42.9 Å². The highest BCUT2D eigenvalue weighted by atomic mass is 19.1. The molecule has 4 rings (SSSR count). The van der Waals surface area contributed by atoms with Crippen molar-refractivity contribution in [2.45, 2.75) is 25.9 Å². The SMILES string of the molecule is CCOc1ccc(-n2cnc3cc(C(=O)N4CCC(F)CC4)cnc32)cc1. The van der Waals surface area contributed by atoms with E-state index in [1.54, 1.807) is 23.5 Å². The number of alkyl halides is 1. The summed E-state index contributed by atoms with van der Waals surface area (Å²) in [4.78, 5) is 23.2. The third-order valence-electron chi connectivity index (χ3n) is 4.77. The van der Waals surface area contributed by atoms with Gasteiger partial charge < -0.3 is 9.64 Å². The summed E-state index contributed by atoms with van der Waals surface area (Å²) in [6, 6.07) is 9.42. The Kier molecular flexibility index (Phi) is 4.75. The van der Waals surface area contributed by atoms with Crippen molar-refractivity contribution in [3.05, 3.63) is 48.4 Å². The van der Waals surface area contributed by atoms with E-state index in [0.29, 0.717) is 49.3 Å². The van der Waals surface area contributed by atoms with Gasteiger partial charge in [-0.1, -0.05) is 0 Å². The lowest BCUT2D eigenvalue weighted by molar-refractivity contribution is 0.0666. The molecule has 0 radical (unpaired) electrons. The van der Waals surface area contributed by atoms with Crippen molar-refractivity contribution in [1.82, 2.24) is 19.4 Å². The number of aromatic nitrogens is 3. The third-order valence-corrected chi connectivity index (χ3v) is 4.77.